The van der Waals surface area contributed by atoms with Crippen LogP contribution in [0.3, 0.4) is 0 Å². The molecule has 1 heterocycles. The topological polar surface area (TPSA) is 12.0 Å². The van der Waals surface area contributed by atoms with E-state index in [9.17, 15) is 0 Å². The molecule has 1 aliphatic carbocycles. The molecule has 0 bridgehead atoms. The predicted molar refractivity (Wildman–Crippen MR) is 87.8 cm³/mol. The van der Waals surface area contributed by atoms with Crippen LogP contribution in [0.2, 0.25) is 0 Å². The van der Waals surface area contributed by atoms with Crippen LogP contribution in [-0.2, 0) is 12.8 Å². The van der Waals surface area contributed by atoms with E-state index < -0.39 is 0 Å². The highest BCUT2D eigenvalue weighted by molar-refractivity contribution is 7.12. The molecule has 0 radical (unpaired) electrons. The molecule has 1 nitrogen and oxygen atoms in total. The average Bonchev–Trinajstić information content (AvgIpc) is 2.87. The number of benzene rings is 1. The molecule has 0 amide bonds. The Kier molecular flexibility index (Phi) is 3.95. The number of rotatable bonds is 3. The van der Waals surface area contributed by atoms with Gasteiger partial charge in [0.15, 0.2) is 0 Å². The van der Waals surface area contributed by atoms with E-state index in [0.29, 0.717) is 6.04 Å². The number of hydrogen-bond acceptors (Lipinski definition) is 2. The average molecular weight is 285 g/mol. The third kappa shape index (κ3) is 2.55. The van der Waals surface area contributed by atoms with Crippen molar-refractivity contribution in [2.75, 3.05) is 7.05 Å². The minimum absolute atomic E-state index is 0.338. The molecule has 1 aromatic carbocycles. The van der Waals surface area contributed by atoms with Gasteiger partial charge in [0.2, 0.25) is 0 Å². The Hall–Kier alpha value is -1.12. The molecule has 2 heteroatoms. The molecule has 1 unspecified atom stereocenters. The Morgan fingerprint density at radius 2 is 1.90 bits per heavy atom. The lowest BCUT2D eigenvalue weighted by Crippen LogP contribution is -2.17. The summed E-state index contributed by atoms with van der Waals surface area (Å²) >= 11 is 2.01. The van der Waals surface area contributed by atoms with E-state index in [4.69, 9.17) is 0 Å². The molecule has 2 aromatic rings. The van der Waals surface area contributed by atoms with Gasteiger partial charge in [-0.05, 0) is 69.3 Å². The molecule has 1 aliphatic rings. The number of aryl methyl sites for hydroxylation is 4. The zero-order valence-electron chi connectivity index (χ0n) is 12.6. The minimum atomic E-state index is 0.338. The molecule has 0 spiro atoms. The Balaban J connectivity index is 2.01. The third-order valence-electron chi connectivity index (χ3n) is 4.33. The van der Waals surface area contributed by atoms with Crippen LogP contribution < -0.4 is 5.32 Å². The highest BCUT2D eigenvalue weighted by Gasteiger charge is 2.20. The fraction of sp³-hybridized carbons (Fsp3) is 0.444. The summed E-state index contributed by atoms with van der Waals surface area (Å²) in [6, 6.07) is 9.55. The fourth-order valence-corrected chi connectivity index (χ4v) is 4.56. The molecule has 106 valence electrons. The van der Waals surface area contributed by atoms with Crippen LogP contribution in [-0.4, -0.2) is 7.05 Å². The first-order valence-corrected chi connectivity index (χ1v) is 8.36. The number of fused-ring (bicyclic) bond motifs is 1. The molecule has 0 saturated heterocycles. The summed E-state index contributed by atoms with van der Waals surface area (Å²) in [4.78, 5) is 3.10. The molecular weight excluding hydrogens is 262 g/mol. The first-order chi connectivity index (χ1) is 9.69. The van der Waals surface area contributed by atoms with Crippen molar-refractivity contribution < 1.29 is 0 Å². The summed E-state index contributed by atoms with van der Waals surface area (Å²) in [6.45, 7) is 4.39. The van der Waals surface area contributed by atoms with E-state index in [1.165, 1.54) is 47.3 Å². The van der Waals surface area contributed by atoms with Gasteiger partial charge < -0.3 is 5.32 Å². The van der Waals surface area contributed by atoms with Crippen LogP contribution in [0.25, 0.3) is 0 Å². The van der Waals surface area contributed by atoms with Gasteiger partial charge in [0.25, 0.3) is 0 Å². The Morgan fingerprint density at radius 1 is 1.10 bits per heavy atom. The van der Waals surface area contributed by atoms with Gasteiger partial charge >= 0.3 is 0 Å². The van der Waals surface area contributed by atoms with Gasteiger partial charge in [0, 0.05) is 9.75 Å². The van der Waals surface area contributed by atoms with Crippen molar-refractivity contribution in [2.24, 2.45) is 0 Å². The van der Waals surface area contributed by atoms with Gasteiger partial charge in [-0.1, -0.05) is 23.8 Å². The van der Waals surface area contributed by atoms with Gasteiger partial charge in [0.1, 0.15) is 0 Å². The first kappa shape index (κ1) is 13.8. The minimum Gasteiger partial charge on any atom is -0.309 e. The lowest BCUT2D eigenvalue weighted by Gasteiger charge is -2.18. The van der Waals surface area contributed by atoms with E-state index in [1.807, 2.05) is 11.3 Å². The van der Waals surface area contributed by atoms with Crippen LogP contribution in [0.5, 0.6) is 0 Å². The first-order valence-electron chi connectivity index (χ1n) is 7.55. The van der Waals surface area contributed by atoms with Gasteiger partial charge in [-0.15, -0.1) is 11.3 Å². The second-order valence-corrected chi connectivity index (χ2v) is 7.05. The molecule has 0 aliphatic heterocycles. The summed E-state index contributed by atoms with van der Waals surface area (Å²) in [7, 11) is 2.07. The van der Waals surface area contributed by atoms with E-state index >= 15 is 0 Å². The Bertz CT molecular complexity index is 588. The van der Waals surface area contributed by atoms with Crippen molar-refractivity contribution in [3.05, 3.63) is 56.3 Å². The molecule has 1 N–H and O–H groups in total. The summed E-state index contributed by atoms with van der Waals surface area (Å²) in [5.74, 6) is 0. The van der Waals surface area contributed by atoms with Gasteiger partial charge in [-0.25, -0.2) is 0 Å². The second kappa shape index (κ2) is 5.71. The summed E-state index contributed by atoms with van der Waals surface area (Å²) in [5, 5.41) is 3.52. The van der Waals surface area contributed by atoms with Gasteiger partial charge in [-0.2, -0.15) is 0 Å². The summed E-state index contributed by atoms with van der Waals surface area (Å²) in [6.07, 6.45) is 5.27. The fourth-order valence-electron chi connectivity index (χ4n) is 3.18. The smallest absolute Gasteiger partial charge is 0.0671 e. The second-order valence-electron chi connectivity index (χ2n) is 5.89. The Labute approximate surface area is 126 Å². The zero-order chi connectivity index (χ0) is 14.1. The lowest BCUT2D eigenvalue weighted by atomic mass is 9.95. The highest BCUT2D eigenvalue weighted by atomic mass is 32.1. The van der Waals surface area contributed by atoms with Crippen molar-refractivity contribution in [3.63, 3.8) is 0 Å². The monoisotopic (exact) mass is 285 g/mol. The number of hydrogen-bond donors (Lipinski definition) is 1. The van der Waals surface area contributed by atoms with Crippen LogP contribution in [0, 0.1) is 13.8 Å². The van der Waals surface area contributed by atoms with Crippen molar-refractivity contribution in [2.45, 2.75) is 45.6 Å². The summed E-state index contributed by atoms with van der Waals surface area (Å²) in [5.41, 5.74) is 5.74. The van der Waals surface area contributed by atoms with Crippen molar-refractivity contribution in [1.82, 2.24) is 5.32 Å². The molecular formula is C18H23NS. The summed E-state index contributed by atoms with van der Waals surface area (Å²) < 4.78 is 0. The lowest BCUT2D eigenvalue weighted by molar-refractivity contribution is 0.689. The maximum atomic E-state index is 3.52. The van der Waals surface area contributed by atoms with E-state index in [-0.39, 0.29) is 0 Å². The van der Waals surface area contributed by atoms with Gasteiger partial charge in [-0.3, -0.25) is 0 Å². The molecule has 0 saturated carbocycles. The molecule has 1 atom stereocenters. The molecule has 0 fully saturated rings. The molecule has 1 aromatic heterocycles. The SMILES string of the molecule is CNC(c1cc2c(s1)CCCC2)c1cc(C)ccc1C. The number of nitrogens with one attached hydrogen (secondary N) is 1. The van der Waals surface area contributed by atoms with Crippen LogP contribution in [0.15, 0.2) is 24.3 Å². The third-order valence-corrected chi connectivity index (χ3v) is 5.64. The maximum Gasteiger partial charge on any atom is 0.0671 e. The highest BCUT2D eigenvalue weighted by Crippen LogP contribution is 2.36. The standard InChI is InChI=1S/C18H23NS/c1-12-8-9-13(2)15(10-12)18(19-3)17-11-14-6-4-5-7-16(14)20-17/h8-11,18-19H,4-7H2,1-3H3. The largest absolute Gasteiger partial charge is 0.309 e. The number of thiophene rings is 1. The Morgan fingerprint density at radius 3 is 2.65 bits per heavy atom. The molecule has 3 rings (SSSR count). The van der Waals surface area contributed by atoms with Crippen LogP contribution in [0.4, 0.5) is 0 Å². The van der Waals surface area contributed by atoms with Crippen molar-refractivity contribution >= 4 is 11.3 Å². The molecule has 20 heavy (non-hydrogen) atoms. The van der Waals surface area contributed by atoms with Crippen LogP contribution >= 0.6 is 11.3 Å². The van der Waals surface area contributed by atoms with E-state index in [2.05, 4.69) is 50.5 Å². The van der Waals surface area contributed by atoms with E-state index in [0.717, 1.165) is 0 Å². The maximum absolute atomic E-state index is 3.52. The van der Waals surface area contributed by atoms with Crippen molar-refractivity contribution in [1.29, 1.82) is 0 Å². The normalized spacial score (nSPS) is 15.9. The van der Waals surface area contributed by atoms with Crippen molar-refractivity contribution in [3.8, 4) is 0 Å². The quantitative estimate of drug-likeness (QED) is 0.872. The van der Waals surface area contributed by atoms with Gasteiger partial charge in [0.05, 0.1) is 6.04 Å². The van der Waals surface area contributed by atoms with E-state index in [1.54, 1.807) is 10.4 Å². The zero-order valence-corrected chi connectivity index (χ0v) is 13.4. The predicted octanol–water partition coefficient (Wildman–Crippen LogP) is 4.55. The van der Waals surface area contributed by atoms with Crippen LogP contribution in [0.1, 0.15) is 50.9 Å².